The van der Waals surface area contributed by atoms with Gasteiger partial charge in [-0.3, -0.25) is 9.67 Å². The van der Waals surface area contributed by atoms with Gasteiger partial charge in [0, 0.05) is 26.8 Å². The second-order valence-corrected chi connectivity index (χ2v) is 5.50. The summed E-state index contributed by atoms with van der Waals surface area (Å²) in [5, 5.41) is 10.9. The monoisotopic (exact) mass is 278 g/mol. The lowest BCUT2D eigenvalue weighted by Crippen LogP contribution is -2.42. The number of guanidine groups is 1. The van der Waals surface area contributed by atoms with Gasteiger partial charge in [-0.1, -0.05) is 0 Å². The van der Waals surface area contributed by atoms with E-state index in [0.717, 1.165) is 30.7 Å². The van der Waals surface area contributed by atoms with Crippen molar-refractivity contribution in [1.82, 2.24) is 25.3 Å². The fourth-order valence-electron chi connectivity index (χ4n) is 2.48. The highest BCUT2D eigenvalue weighted by Gasteiger charge is 2.16. The van der Waals surface area contributed by atoms with Crippen molar-refractivity contribution in [3.63, 3.8) is 0 Å². The normalized spacial score (nSPS) is 18.2. The first-order valence-corrected chi connectivity index (χ1v) is 7.29. The smallest absolute Gasteiger partial charge is 0.191 e. The Labute approximate surface area is 121 Å². The number of hydrogen-bond donors (Lipinski definition) is 2. The van der Waals surface area contributed by atoms with E-state index in [0.29, 0.717) is 0 Å². The van der Waals surface area contributed by atoms with Gasteiger partial charge in [0.05, 0.1) is 12.2 Å². The largest absolute Gasteiger partial charge is 0.356 e. The molecule has 0 aliphatic carbocycles. The van der Waals surface area contributed by atoms with E-state index in [-0.39, 0.29) is 0 Å². The molecule has 1 saturated heterocycles. The zero-order valence-electron chi connectivity index (χ0n) is 12.8. The number of aryl methyl sites for hydroxylation is 1. The molecule has 1 aromatic rings. The van der Waals surface area contributed by atoms with Crippen LogP contribution in [0.2, 0.25) is 0 Å². The van der Waals surface area contributed by atoms with E-state index in [1.807, 2.05) is 31.0 Å². The Bertz CT molecular complexity index is 431. The summed E-state index contributed by atoms with van der Waals surface area (Å²) < 4.78 is 1.87. The van der Waals surface area contributed by atoms with Crippen LogP contribution in [0.1, 0.15) is 18.5 Å². The van der Waals surface area contributed by atoms with E-state index in [1.165, 1.54) is 25.9 Å². The molecule has 0 spiro atoms. The second-order valence-electron chi connectivity index (χ2n) is 5.50. The number of aliphatic imine (C=N–C) groups is 1. The Kier molecular flexibility index (Phi) is 5.40. The summed E-state index contributed by atoms with van der Waals surface area (Å²) in [5.41, 5.74) is 1.15. The molecule has 6 heteroatoms. The topological polar surface area (TPSA) is 57.5 Å². The molecule has 0 unspecified atom stereocenters. The van der Waals surface area contributed by atoms with Gasteiger partial charge in [0.25, 0.3) is 0 Å². The molecule has 0 bridgehead atoms. The molecule has 0 atom stereocenters. The molecule has 1 aromatic heterocycles. The zero-order valence-corrected chi connectivity index (χ0v) is 12.8. The predicted octanol–water partition coefficient (Wildman–Crippen LogP) is 0.427. The fraction of sp³-hybridized carbons (Fsp3) is 0.714. The highest BCUT2D eigenvalue weighted by atomic mass is 15.3. The molecule has 2 heterocycles. The maximum absolute atomic E-state index is 4.27. The first-order chi connectivity index (χ1) is 9.69. The Morgan fingerprint density at radius 1 is 1.35 bits per heavy atom. The standard InChI is InChI=1S/C14H26N6/c1-15-14(17-11-13-4-7-18-20(13)3)16-10-12-5-8-19(2)9-6-12/h4,7,12H,5-6,8-11H2,1-3H3,(H2,15,16,17). The molecule has 6 nitrogen and oxygen atoms in total. The highest BCUT2D eigenvalue weighted by molar-refractivity contribution is 5.79. The lowest BCUT2D eigenvalue weighted by Gasteiger charge is -2.29. The van der Waals surface area contributed by atoms with E-state index in [1.54, 1.807) is 0 Å². The first kappa shape index (κ1) is 14.8. The summed E-state index contributed by atoms with van der Waals surface area (Å²) in [7, 11) is 5.96. The van der Waals surface area contributed by atoms with Crippen LogP contribution >= 0.6 is 0 Å². The Balaban J connectivity index is 1.71. The summed E-state index contributed by atoms with van der Waals surface area (Å²) in [4.78, 5) is 6.67. The van der Waals surface area contributed by atoms with Crippen molar-refractivity contribution in [2.45, 2.75) is 19.4 Å². The van der Waals surface area contributed by atoms with E-state index in [2.05, 4.69) is 32.7 Å². The maximum Gasteiger partial charge on any atom is 0.191 e. The van der Waals surface area contributed by atoms with Crippen LogP contribution in [0.5, 0.6) is 0 Å². The number of rotatable bonds is 4. The molecular weight excluding hydrogens is 252 g/mol. The SMILES string of the molecule is CN=C(NCc1ccnn1C)NCC1CCN(C)CC1. The molecule has 0 saturated carbocycles. The van der Waals surface area contributed by atoms with Crippen LogP contribution in [0.3, 0.4) is 0 Å². The zero-order chi connectivity index (χ0) is 14.4. The van der Waals surface area contributed by atoms with Crippen molar-refractivity contribution in [2.24, 2.45) is 18.0 Å². The van der Waals surface area contributed by atoms with Gasteiger partial charge in [-0.2, -0.15) is 5.10 Å². The summed E-state index contributed by atoms with van der Waals surface area (Å²) in [6.07, 6.45) is 4.34. The van der Waals surface area contributed by atoms with Crippen molar-refractivity contribution < 1.29 is 0 Å². The van der Waals surface area contributed by atoms with Crippen molar-refractivity contribution in [3.05, 3.63) is 18.0 Å². The van der Waals surface area contributed by atoms with Crippen LogP contribution in [0.15, 0.2) is 17.3 Å². The first-order valence-electron chi connectivity index (χ1n) is 7.29. The van der Waals surface area contributed by atoms with Crippen LogP contribution < -0.4 is 10.6 Å². The van der Waals surface area contributed by atoms with Crippen molar-refractivity contribution in [1.29, 1.82) is 0 Å². The lowest BCUT2D eigenvalue weighted by molar-refractivity contribution is 0.220. The van der Waals surface area contributed by atoms with Crippen molar-refractivity contribution in [2.75, 3.05) is 33.7 Å². The van der Waals surface area contributed by atoms with Gasteiger partial charge >= 0.3 is 0 Å². The minimum atomic E-state index is 0.740. The van der Waals surface area contributed by atoms with Crippen LogP contribution in [-0.4, -0.2) is 54.4 Å². The predicted molar refractivity (Wildman–Crippen MR) is 81.6 cm³/mol. The average Bonchev–Trinajstić information content (AvgIpc) is 2.86. The maximum atomic E-state index is 4.27. The fourth-order valence-corrected chi connectivity index (χ4v) is 2.48. The Morgan fingerprint density at radius 2 is 2.10 bits per heavy atom. The van der Waals surface area contributed by atoms with Crippen molar-refractivity contribution in [3.8, 4) is 0 Å². The molecule has 1 aliphatic rings. The van der Waals surface area contributed by atoms with Gasteiger partial charge in [-0.15, -0.1) is 0 Å². The molecule has 0 amide bonds. The Hall–Kier alpha value is -1.56. The molecular formula is C14H26N6. The van der Waals surface area contributed by atoms with Gasteiger partial charge in [-0.25, -0.2) is 0 Å². The minimum Gasteiger partial charge on any atom is -0.356 e. The number of nitrogens with one attached hydrogen (secondary N) is 2. The molecule has 112 valence electrons. The second kappa shape index (κ2) is 7.28. The summed E-state index contributed by atoms with van der Waals surface area (Å²) in [5.74, 6) is 1.62. The average molecular weight is 278 g/mol. The number of aromatic nitrogens is 2. The summed E-state index contributed by atoms with van der Waals surface area (Å²) in [6.45, 7) is 4.14. The molecule has 0 radical (unpaired) electrons. The quantitative estimate of drug-likeness (QED) is 0.619. The Morgan fingerprint density at radius 3 is 2.70 bits per heavy atom. The minimum absolute atomic E-state index is 0.740. The molecule has 0 aromatic carbocycles. The van der Waals surface area contributed by atoms with Gasteiger partial charge in [0.1, 0.15) is 0 Å². The third kappa shape index (κ3) is 4.23. The lowest BCUT2D eigenvalue weighted by atomic mass is 9.97. The van der Waals surface area contributed by atoms with Crippen LogP contribution in [0, 0.1) is 5.92 Å². The van der Waals surface area contributed by atoms with E-state index in [9.17, 15) is 0 Å². The van der Waals surface area contributed by atoms with Crippen LogP contribution in [-0.2, 0) is 13.6 Å². The van der Waals surface area contributed by atoms with Crippen molar-refractivity contribution >= 4 is 5.96 Å². The molecule has 20 heavy (non-hydrogen) atoms. The van der Waals surface area contributed by atoms with Gasteiger partial charge in [-0.05, 0) is 45.0 Å². The summed E-state index contributed by atoms with van der Waals surface area (Å²) in [6, 6.07) is 2.01. The van der Waals surface area contributed by atoms with Gasteiger partial charge in [0.2, 0.25) is 0 Å². The van der Waals surface area contributed by atoms with Gasteiger partial charge < -0.3 is 15.5 Å². The third-order valence-electron chi connectivity index (χ3n) is 3.98. The molecule has 2 rings (SSSR count). The number of piperidine rings is 1. The third-order valence-corrected chi connectivity index (χ3v) is 3.98. The molecule has 2 N–H and O–H groups in total. The van der Waals surface area contributed by atoms with Crippen LogP contribution in [0.25, 0.3) is 0 Å². The molecule has 1 aliphatic heterocycles. The van der Waals surface area contributed by atoms with E-state index >= 15 is 0 Å². The summed E-state index contributed by atoms with van der Waals surface area (Å²) >= 11 is 0. The number of likely N-dealkylation sites (tertiary alicyclic amines) is 1. The number of hydrogen-bond acceptors (Lipinski definition) is 3. The van der Waals surface area contributed by atoms with Gasteiger partial charge in [0.15, 0.2) is 5.96 Å². The van der Waals surface area contributed by atoms with E-state index in [4.69, 9.17) is 0 Å². The highest BCUT2D eigenvalue weighted by Crippen LogP contribution is 2.14. The number of nitrogens with zero attached hydrogens (tertiary/aromatic N) is 4. The van der Waals surface area contributed by atoms with E-state index < -0.39 is 0 Å². The molecule has 1 fully saturated rings. The van der Waals surface area contributed by atoms with Crippen LogP contribution in [0.4, 0.5) is 0 Å².